The molecule has 4 rings (SSSR count). The maximum Gasteiger partial charge on any atom is 0.218 e. The van der Waals surface area contributed by atoms with Gasteiger partial charge in [0.05, 0.1) is 19.7 Å². The third-order valence-corrected chi connectivity index (χ3v) is 6.06. The molecule has 1 aliphatic rings. The molecular formula is C25H31N3O2. The first-order valence-electron chi connectivity index (χ1n) is 10.6. The van der Waals surface area contributed by atoms with E-state index >= 15 is 0 Å². The number of benzene rings is 2. The van der Waals surface area contributed by atoms with Crippen LogP contribution in [0.15, 0.2) is 54.6 Å². The van der Waals surface area contributed by atoms with Crippen LogP contribution in [0.2, 0.25) is 0 Å². The van der Waals surface area contributed by atoms with E-state index in [0.717, 1.165) is 48.4 Å². The number of rotatable bonds is 7. The Bertz CT molecular complexity index is 969. The zero-order valence-electron chi connectivity index (χ0n) is 18.2. The summed E-state index contributed by atoms with van der Waals surface area (Å²) in [5, 5.41) is 1.08. The highest BCUT2D eigenvalue weighted by molar-refractivity contribution is 5.81. The van der Waals surface area contributed by atoms with Crippen molar-refractivity contribution in [2.75, 3.05) is 34.4 Å². The molecule has 1 saturated heterocycles. The number of fused-ring (bicyclic) bond motifs is 1. The zero-order valence-corrected chi connectivity index (χ0v) is 18.2. The predicted octanol–water partition coefficient (Wildman–Crippen LogP) is 4.35. The fourth-order valence-electron chi connectivity index (χ4n) is 4.31. The number of aromatic nitrogens is 1. The largest absolute Gasteiger partial charge is 0.497 e. The Balaban J connectivity index is 1.66. The number of hydrogen-bond donors (Lipinski definition) is 0. The van der Waals surface area contributed by atoms with Crippen molar-refractivity contribution in [1.82, 2.24) is 14.8 Å². The molecule has 158 valence electrons. The maximum absolute atomic E-state index is 5.69. The number of piperidine rings is 1. The summed E-state index contributed by atoms with van der Waals surface area (Å²) < 4.78 is 11.1. The monoisotopic (exact) mass is 405 g/mol. The second-order valence-electron chi connectivity index (χ2n) is 8.14. The number of ether oxygens (including phenoxy) is 2. The molecule has 1 aliphatic heterocycles. The summed E-state index contributed by atoms with van der Waals surface area (Å²) in [5.74, 6) is 1.55. The van der Waals surface area contributed by atoms with Crippen molar-refractivity contribution < 1.29 is 9.47 Å². The van der Waals surface area contributed by atoms with Crippen LogP contribution in [0, 0.1) is 0 Å². The second kappa shape index (κ2) is 9.45. The summed E-state index contributed by atoms with van der Waals surface area (Å²) in [5.41, 5.74) is 3.38. The van der Waals surface area contributed by atoms with Crippen LogP contribution in [-0.4, -0.2) is 55.2 Å². The summed E-state index contributed by atoms with van der Waals surface area (Å²) in [6.45, 7) is 4.02. The molecule has 0 atom stereocenters. The average Bonchev–Trinajstić information content (AvgIpc) is 2.79. The fourth-order valence-corrected chi connectivity index (χ4v) is 4.31. The lowest BCUT2D eigenvalue weighted by atomic mass is 10.0. The molecule has 2 aromatic carbocycles. The standard InChI is InChI=1S/C25H31N3O2/c1-27-13-11-22(12-14-27)28(17-19-7-5-4-6-8-19)18-21-15-20-16-23(29-2)9-10-24(20)26-25(21)30-3/h4-10,15-16,22H,11-14,17-18H2,1-3H3. The van der Waals surface area contributed by atoms with Crippen LogP contribution in [0.3, 0.4) is 0 Å². The van der Waals surface area contributed by atoms with Gasteiger partial charge in [0.25, 0.3) is 0 Å². The first kappa shape index (κ1) is 20.6. The van der Waals surface area contributed by atoms with E-state index in [-0.39, 0.29) is 0 Å². The van der Waals surface area contributed by atoms with Crippen molar-refractivity contribution in [1.29, 1.82) is 0 Å². The summed E-state index contributed by atoms with van der Waals surface area (Å²) in [7, 11) is 5.61. The first-order valence-corrected chi connectivity index (χ1v) is 10.6. The molecule has 0 aliphatic carbocycles. The van der Waals surface area contributed by atoms with E-state index in [0.29, 0.717) is 11.9 Å². The van der Waals surface area contributed by atoms with Gasteiger partial charge >= 0.3 is 0 Å². The Kier molecular flexibility index (Phi) is 6.50. The minimum Gasteiger partial charge on any atom is -0.497 e. The number of pyridine rings is 1. The van der Waals surface area contributed by atoms with Crippen molar-refractivity contribution in [3.63, 3.8) is 0 Å². The van der Waals surface area contributed by atoms with Gasteiger partial charge < -0.3 is 14.4 Å². The predicted molar refractivity (Wildman–Crippen MR) is 121 cm³/mol. The van der Waals surface area contributed by atoms with E-state index in [9.17, 15) is 0 Å². The lowest BCUT2D eigenvalue weighted by Gasteiger charge is -2.37. The van der Waals surface area contributed by atoms with Crippen molar-refractivity contribution in [2.24, 2.45) is 0 Å². The molecule has 0 radical (unpaired) electrons. The van der Waals surface area contributed by atoms with Crippen molar-refractivity contribution in [2.45, 2.75) is 32.0 Å². The van der Waals surface area contributed by atoms with Gasteiger partial charge in [-0.15, -0.1) is 0 Å². The summed E-state index contributed by atoms with van der Waals surface area (Å²) in [4.78, 5) is 9.78. The maximum atomic E-state index is 5.69. The average molecular weight is 406 g/mol. The molecule has 5 heteroatoms. The molecule has 0 unspecified atom stereocenters. The number of likely N-dealkylation sites (tertiary alicyclic amines) is 1. The van der Waals surface area contributed by atoms with Crippen LogP contribution in [-0.2, 0) is 13.1 Å². The second-order valence-corrected chi connectivity index (χ2v) is 8.14. The Morgan fingerprint density at radius 1 is 0.967 bits per heavy atom. The SMILES string of the molecule is COc1ccc2nc(OC)c(CN(Cc3ccccc3)C3CCN(C)CC3)cc2c1. The Morgan fingerprint density at radius 2 is 1.73 bits per heavy atom. The Morgan fingerprint density at radius 3 is 2.43 bits per heavy atom. The van der Waals surface area contributed by atoms with E-state index in [1.165, 1.54) is 18.4 Å². The van der Waals surface area contributed by atoms with Crippen LogP contribution < -0.4 is 9.47 Å². The molecule has 5 nitrogen and oxygen atoms in total. The number of hydrogen-bond acceptors (Lipinski definition) is 5. The molecule has 30 heavy (non-hydrogen) atoms. The molecular weight excluding hydrogens is 374 g/mol. The first-order chi connectivity index (χ1) is 14.7. The topological polar surface area (TPSA) is 37.8 Å². The molecule has 0 N–H and O–H groups in total. The van der Waals surface area contributed by atoms with Crippen LogP contribution in [0.4, 0.5) is 0 Å². The van der Waals surface area contributed by atoms with Gasteiger partial charge in [-0.05, 0) is 62.8 Å². The van der Waals surface area contributed by atoms with Gasteiger partial charge in [-0.1, -0.05) is 30.3 Å². The van der Waals surface area contributed by atoms with E-state index in [1.54, 1.807) is 14.2 Å². The molecule has 2 heterocycles. The summed E-state index contributed by atoms with van der Waals surface area (Å²) >= 11 is 0. The minimum atomic E-state index is 0.548. The van der Waals surface area contributed by atoms with E-state index in [2.05, 4.69) is 53.2 Å². The summed E-state index contributed by atoms with van der Waals surface area (Å²) in [6.07, 6.45) is 2.36. The van der Waals surface area contributed by atoms with Crippen LogP contribution in [0.1, 0.15) is 24.0 Å². The quantitative estimate of drug-likeness (QED) is 0.584. The molecule has 1 fully saturated rings. The van der Waals surface area contributed by atoms with Gasteiger partial charge in [-0.25, -0.2) is 4.98 Å². The Hall–Kier alpha value is -2.63. The normalized spacial score (nSPS) is 15.6. The van der Waals surface area contributed by atoms with Crippen LogP contribution in [0.25, 0.3) is 10.9 Å². The Labute approximate surface area is 179 Å². The van der Waals surface area contributed by atoms with Crippen LogP contribution >= 0.6 is 0 Å². The molecule has 0 bridgehead atoms. The molecule has 0 saturated carbocycles. The molecule has 0 spiro atoms. The van der Waals surface area contributed by atoms with E-state index in [4.69, 9.17) is 14.5 Å². The summed E-state index contributed by atoms with van der Waals surface area (Å²) in [6, 6.07) is 19.5. The van der Waals surface area contributed by atoms with Crippen LogP contribution in [0.5, 0.6) is 11.6 Å². The smallest absolute Gasteiger partial charge is 0.218 e. The highest BCUT2D eigenvalue weighted by atomic mass is 16.5. The van der Waals surface area contributed by atoms with Crippen molar-refractivity contribution in [3.8, 4) is 11.6 Å². The fraction of sp³-hybridized carbons (Fsp3) is 0.400. The van der Waals surface area contributed by atoms with Gasteiger partial charge in [-0.3, -0.25) is 4.90 Å². The highest BCUT2D eigenvalue weighted by Crippen LogP contribution is 2.29. The van der Waals surface area contributed by atoms with Gasteiger partial charge in [0.15, 0.2) is 0 Å². The minimum absolute atomic E-state index is 0.548. The van der Waals surface area contributed by atoms with Crippen molar-refractivity contribution in [3.05, 3.63) is 65.7 Å². The lowest BCUT2D eigenvalue weighted by molar-refractivity contribution is 0.107. The van der Waals surface area contributed by atoms with E-state index in [1.807, 2.05) is 18.2 Å². The number of methoxy groups -OCH3 is 2. The van der Waals surface area contributed by atoms with Gasteiger partial charge in [0, 0.05) is 30.1 Å². The van der Waals surface area contributed by atoms with Gasteiger partial charge in [0.1, 0.15) is 5.75 Å². The van der Waals surface area contributed by atoms with Gasteiger partial charge in [-0.2, -0.15) is 0 Å². The molecule has 3 aromatic rings. The molecule has 0 amide bonds. The third kappa shape index (κ3) is 4.74. The number of nitrogens with zero attached hydrogens (tertiary/aromatic N) is 3. The van der Waals surface area contributed by atoms with Gasteiger partial charge in [0.2, 0.25) is 5.88 Å². The third-order valence-electron chi connectivity index (χ3n) is 6.06. The highest BCUT2D eigenvalue weighted by Gasteiger charge is 2.25. The lowest BCUT2D eigenvalue weighted by Crippen LogP contribution is -2.43. The zero-order chi connectivity index (χ0) is 20.9. The van der Waals surface area contributed by atoms with E-state index < -0.39 is 0 Å². The van der Waals surface area contributed by atoms with Crippen molar-refractivity contribution >= 4 is 10.9 Å². The molecule has 1 aromatic heterocycles.